The van der Waals surface area contributed by atoms with Gasteiger partial charge >= 0.3 is 0 Å². The van der Waals surface area contributed by atoms with E-state index in [0.717, 1.165) is 24.8 Å². The summed E-state index contributed by atoms with van der Waals surface area (Å²) in [6.45, 7) is 2.57. The third kappa shape index (κ3) is 7.26. The van der Waals surface area contributed by atoms with Crippen molar-refractivity contribution in [3.63, 3.8) is 0 Å². The molecule has 0 saturated carbocycles. The van der Waals surface area contributed by atoms with Gasteiger partial charge in [0.2, 0.25) is 5.91 Å². The largest absolute Gasteiger partial charge is 0.389 e. The zero-order valence-corrected chi connectivity index (χ0v) is 19.6. The van der Waals surface area contributed by atoms with Crippen molar-refractivity contribution in [1.82, 2.24) is 10.2 Å². The van der Waals surface area contributed by atoms with Crippen molar-refractivity contribution in [3.05, 3.63) is 70.7 Å². The number of fused-ring (bicyclic) bond motifs is 1. The predicted molar refractivity (Wildman–Crippen MR) is 128 cm³/mol. The van der Waals surface area contributed by atoms with Crippen molar-refractivity contribution in [1.29, 1.82) is 0 Å². The number of rotatable bonds is 7. The van der Waals surface area contributed by atoms with Crippen molar-refractivity contribution in [2.24, 2.45) is 0 Å². The SMILES string of the molecule is O=C(C[C@@H]1CC[C@H]2[C@@H](COC[C@@H](O)CN2Cc2ccc(Cl)cc2)O1)NCCc1ccccc1. The van der Waals surface area contributed by atoms with Crippen molar-refractivity contribution in [3.8, 4) is 0 Å². The molecule has 7 heteroatoms. The van der Waals surface area contributed by atoms with Crippen LogP contribution < -0.4 is 5.32 Å². The van der Waals surface area contributed by atoms with Gasteiger partial charge in [-0.3, -0.25) is 9.69 Å². The number of benzene rings is 2. The second kappa shape index (κ2) is 12.0. The first-order chi connectivity index (χ1) is 16.1. The molecule has 0 spiro atoms. The Balaban J connectivity index is 1.30. The lowest BCUT2D eigenvalue weighted by atomic mass is 9.94. The average Bonchev–Trinajstić information content (AvgIpc) is 2.80. The van der Waals surface area contributed by atoms with Gasteiger partial charge in [0.15, 0.2) is 0 Å². The van der Waals surface area contributed by atoms with Crippen LogP contribution in [-0.4, -0.2) is 66.6 Å². The Morgan fingerprint density at radius 1 is 1.06 bits per heavy atom. The minimum absolute atomic E-state index is 0.0228. The third-order valence-electron chi connectivity index (χ3n) is 6.38. The second-order valence-electron chi connectivity index (χ2n) is 8.98. The number of hydrogen-bond acceptors (Lipinski definition) is 5. The molecule has 2 aliphatic rings. The van der Waals surface area contributed by atoms with Crippen LogP contribution in [0.5, 0.6) is 0 Å². The number of β-amino-alcohol motifs (C(OH)–C–C–N with tert-alkyl or cyclic N) is 1. The highest BCUT2D eigenvalue weighted by Crippen LogP contribution is 2.29. The Hall–Kier alpha value is -1.96. The topological polar surface area (TPSA) is 71.0 Å². The molecule has 2 aromatic rings. The van der Waals surface area contributed by atoms with E-state index in [2.05, 4.69) is 22.3 Å². The number of ether oxygens (including phenoxy) is 2. The molecule has 4 atom stereocenters. The van der Waals surface area contributed by atoms with Gasteiger partial charge in [0.25, 0.3) is 0 Å². The Morgan fingerprint density at radius 3 is 2.64 bits per heavy atom. The molecule has 33 heavy (non-hydrogen) atoms. The van der Waals surface area contributed by atoms with Gasteiger partial charge in [0.1, 0.15) is 0 Å². The maximum Gasteiger partial charge on any atom is 0.222 e. The van der Waals surface area contributed by atoms with Crippen LogP contribution in [0, 0.1) is 0 Å². The molecule has 2 fully saturated rings. The molecular formula is C26H33ClN2O4. The normalized spacial score (nSPS) is 26.1. The van der Waals surface area contributed by atoms with E-state index in [-0.39, 0.29) is 30.8 Å². The van der Waals surface area contributed by atoms with Gasteiger partial charge in [-0.05, 0) is 42.5 Å². The van der Waals surface area contributed by atoms with Crippen molar-refractivity contribution in [2.75, 3.05) is 26.3 Å². The maximum atomic E-state index is 12.5. The fourth-order valence-corrected chi connectivity index (χ4v) is 4.85. The smallest absolute Gasteiger partial charge is 0.222 e. The highest BCUT2D eigenvalue weighted by molar-refractivity contribution is 6.30. The van der Waals surface area contributed by atoms with Gasteiger partial charge in [-0.25, -0.2) is 0 Å². The molecule has 0 aliphatic carbocycles. The van der Waals surface area contributed by atoms with Crippen LogP contribution in [0.4, 0.5) is 0 Å². The maximum absolute atomic E-state index is 12.5. The van der Waals surface area contributed by atoms with Crippen LogP contribution in [0.25, 0.3) is 0 Å². The van der Waals surface area contributed by atoms with E-state index in [0.29, 0.717) is 37.7 Å². The van der Waals surface area contributed by atoms with E-state index >= 15 is 0 Å². The summed E-state index contributed by atoms with van der Waals surface area (Å²) in [5.41, 5.74) is 2.36. The van der Waals surface area contributed by atoms with Crippen molar-refractivity contribution in [2.45, 2.75) is 56.6 Å². The van der Waals surface area contributed by atoms with Gasteiger partial charge < -0.3 is 19.9 Å². The molecule has 1 amide bonds. The van der Waals surface area contributed by atoms with Gasteiger partial charge in [-0.15, -0.1) is 0 Å². The van der Waals surface area contributed by atoms with E-state index in [9.17, 15) is 9.90 Å². The van der Waals surface area contributed by atoms with Crippen LogP contribution in [0.15, 0.2) is 54.6 Å². The minimum atomic E-state index is -0.536. The fraction of sp³-hybridized carbons (Fsp3) is 0.500. The molecule has 0 radical (unpaired) electrons. The number of aliphatic hydroxyl groups excluding tert-OH is 1. The summed E-state index contributed by atoms with van der Waals surface area (Å²) in [6, 6.07) is 18.1. The number of hydrogen-bond donors (Lipinski definition) is 2. The Bertz CT molecular complexity index is 880. The predicted octanol–water partition coefficient (Wildman–Crippen LogP) is 3.20. The summed E-state index contributed by atoms with van der Waals surface area (Å²) < 4.78 is 12.1. The number of nitrogens with one attached hydrogen (secondary N) is 1. The highest BCUT2D eigenvalue weighted by Gasteiger charge is 2.38. The number of nitrogens with zero attached hydrogens (tertiary/aromatic N) is 1. The van der Waals surface area contributed by atoms with E-state index in [1.807, 2.05) is 42.5 Å². The summed E-state index contributed by atoms with van der Waals surface area (Å²) in [7, 11) is 0. The van der Waals surface area contributed by atoms with Gasteiger partial charge in [-0.2, -0.15) is 0 Å². The standard InChI is InChI=1S/C26H33ClN2O4/c27-21-8-6-20(7-9-21)15-29-16-22(30)17-32-18-25-24(29)11-10-23(33-25)14-26(31)28-13-12-19-4-2-1-3-5-19/h1-9,22-25,30H,10-18H2,(H,28,31)/t22-,23-,24-,25+/m0/s1. The lowest BCUT2D eigenvalue weighted by molar-refractivity contribution is -0.158. The number of carbonyl (C=O) groups excluding carboxylic acids is 1. The summed E-state index contributed by atoms with van der Waals surface area (Å²) in [5.74, 6) is 0.0228. The first-order valence-electron chi connectivity index (χ1n) is 11.8. The molecule has 4 rings (SSSR count). The van der Waals surface area contributed by atoms with Gasteiger partial charge in [0, 0.05) is 30.7 Å². The number of amides is 1. The van der Waals surface area contributed by atoms with Crippen molar-refractivity contribution >= 4 is 17.5 Å². The van der Waals surface area contributed by atoms with Crippen LogP contribution in [0.3, 0.4) is 0 Å². The lowest BCUT2D eigenvalue weighted by Gasteiger charge is -2.44. The van der Waals surface area contributed by atoms with E-state index in [4.69, 9.17) is 21.1 Å². The number of carbonyl (C=O) groups is 1. The molecule has 2 N–H and O–H groups in total. The Labute approximate surface area is 200 Å². The Morgan fingerprint density at radius 2 is 1.85 bits per heavy atom. The molecule has 0 bridgehead atoms. The average molecular weight is 473 g/mol. The zero-order valence-electron chi connectivity index (χ0n) is 18.9. The quantitative estimate of drug-likeness (QED) is 0.647. The molecule has 2 aliphatic heterocycles. The van der Waals surface area contributed by atoms with E-state index in [1.54, 1.807) is 0 Å². The van der Waals surface area contributed by atoms with Gasteiger partial charge in [0.05, 0.1) is 37.9 Å². The third-order valence-corrected chi connectivity index (χ3v) is 6.63. The van der Waals surface area contributed by atoms with E-state index < -0.39 is 6.10 Å². The number of aliphatic hydroxyl groups is 1. The molecule has 2 heterocycles. The molecule has 6 nitrogen and oxygen atoms in total. The summed E-state index contributed by atoms with van der Waals surface area (Å²) in [4.78, 5) is 14.8. The zero-order chi connectivity index (χ0) is 23.0. The summed E-state index contributed by atoms with van der Waals surface area (Å²) in [6.07, 6.45) is 2.10. The van der Waals surface area contributed by atoms with Crippen LogP contribution in [-0.2, 0) is 27.2 Å². The fourth-order valence-electron chi connectivity index (χ4n) is 4.72. The second-order valence-corrected chi connectivity index (χ2v) is 9.41. The Kier molecular flexibility index (Phi) is 8.75. The highest BCUT2D eigenvalue weighted by atomic mass is 35.5. The minimum Gasteiger partial charge on any atom is -0.389 e. The lowest BCUT2D eigenvalue weighted by Crippen LogP contribution is -2.55. The molecular weight excluding hydrogens is 440 g/mol. The van der Waals surface area contributed by atoms with Crippen LogP contribution in [0.2, 0.25) is 5.02 Å². The number of halogens is 1. The van der Waals surface area contributed by atoms with E-state index in [1.165, 1.54) is 5.56 Å². The van der Waals surface area contributed by atoms with Crippen molar-refractivity contribution < 1.29 is 19.4 Å². The first kappa shape index (κ1) is 24.2. The van der Waals surface area contributed by atoms with Gasteiger partial charge in [-0.1, -0.05) is 54.1 Å². The van der Waals surface area contributed by atoms with Crippen LogP contribution >= 0.6 is 11.6 Å². The molecule has 178 valence electrons. The summed E-state index contributed by atoms with van der Waals surface area (Å²) >= 11 is 6.03. The molecule has 0 unspecified atom stereocenters. The molecule has 2 saturated heterocycles. The summed E-state index contributed by atoms with van der Waals surface area (Å²) in [5, 5.41) is 14.1. The van der Waals surface area contributed by atoms with Crippen LogP contribution in [0.1, 0.15) is 30.4 Å². The first-order valence-corrected chi connectivity index (χ1v) is 12.1. The molecule has 2 aromatic carbocycles. The monoisotopic (exact) mass is 472 g/mol. The molecule has 0 aromatic heterocycles.